The number of thiazole rings is 1. The van der Waals surface area contributed by atoms with Gasteiger partial charge in [0.2, 0.25) is 6.79 Å². The molecule has 0 bridgehead atoms. The van der Waals surface area contributed by atoms with Crippen LogP contribution in [-0.4, -0.2) is 17.3 Å². The summed E-state index contributed by atoms with van der Waals surface area (Å²) in [6.45, 7) is 6.41. The number of benzene rings is 2. The Kier molecular flexibility index (Phi) is 4.75. The number of hydrogen-bond donors (Lipinski definition) is 1. The first-order valence-electron chi connectivity index (χ1n) is 8.72. The molecule has 0 aliphatic carbocycles. The lowest BCUT2D eigenvalue weighted by Crippen LogP contribution is -2.18. The molecule has 0 fully saturated rings. The molecule has 0 atom stereocenters. The van der Waals surface area contributed by atoms with Gasteiger partial charge in [-0.15, -0.1) is 6.58 Å². The van der Waals surface area contributed by atoms with Gasteiger partial charge in [0.15, 0.2) is 16.3 Å². The zero-order valence-corrected chi connectivity index (χ0v) is 16.2. The van der Waals surface area contributed by atoms with E-state index in [1.165, 1.54) is 11.3 Å². The fourth-order valence-corrected chi connectivity index (χ4v) is 3.96. The van der Waals surface area contributed by atoms with Gasteiger partial charge in [0, 0.05) is 12.1 Å². The fourth-order valence-electron chi connectivity index (χ4n) is 2.91. The van der Waals surface area contributed by atoms with Crippen LogP contribution in [0.15, 0.2) is 60.1 Å². The number of carbonyl (C=O) groups is 1. The van der Waals surface area contributed by atoms with E-state index in [0.29, 0.717) is 34.2 Å². The number of ether oxygens (including phenoxy) is 2. The third-order valence-electron chi connectivity index (χ3n) is 4.39. The Morgan fingerprint density at radius 2 is 2.00 bits per heavy atom. The highest BCUT2D eigenvalue weighted by Gasteiger charge is 2.18. The number of allylic oxidation sites excluding steroid dienone is 1. The van der Waals surface area contributed by atoms with Crippen LogP contribution in [0.5, 0.6) is 11.5 Å². The number of carbonyl (C=O) groups excluding carboxylic acids is 1. The number of aryl methyl sites for hydroxylation is 1. The minimum Gasteiger partial charge on any atom is -0.454 e. The summed E-state index contributed by atoms with van der Waals surface area (Å²) in [6.07, 6.45) is 1.72. The summed E-state index contributed by atoms with van der Waals surface area (Å²) in [7, 11) is 0. The number of amides is 1. The van der Waals surface area contributed by atoms with Crippen molar-refractivity contribution >= 4 is 23.1 Å². The van der Waals surface area contributed by atoms with Crippen molar-refractivity contribution in [2.24, 2.45) is 4.99 Å². The average Bonchev–Trinajstić information content (AvgIpc) is 3.28. The van der Waals surface area contributed by atoms with E-state index in [9.17, 15) is 4.79 Å². The molecule has 0 unspecified atom stereocenters. The van der Waals surface area contributed by atoms with Gasteiger partial charge < -0.3 is 15.2 Å². The van der Waals surface area contributed by atoms with E-state index in [1.807, 2.05) is 37.3 Å². The predicted octanol–water partition coefficient (Wildman–Crippen LogP) is 3.76. The van der Waals surface area contributed by atoms with Crippen molar-refractivity contribution in [3.63, 3.8) is 0 Å². The van der Waals surface area contributed by atoms with Crippen LogP contribution in [0.1, 0.15) is 15.9 Å². The normalized spacial score (nSPS) is 13.0. The first-order chi connectivity index (χ1) is 13.6. The molecule has 0 saturated carbocycles. The lowest BCUT2D eigenvalue weighted by atomic mass is 10.1. The molecule has 28 heavy (non-hydrogen) atoms. The summed E-state index contributed by atoms with van der Waals surface area (Å²) in [5.41, 5.74) is 8.89. The highest BCUT2D eigenvalue weighted by atomic mass is 32.1. The molecule has 6 nitrogen and oxygen atoms in total. The van der Waals surface area contributed by atoms with Crippen LogP contribution < -0.4 is 20.0 Å². The van der Waals surface area contributed by atoms with Crippen LogP contribution in [0.4, 0.5) is 5.82 Å². The molecule has 2 N–H and O–H groups in total. The second kappa shape index (κ2) is 7.36. The molecule has 1 aromatic heterocycles. The lowest BCUT2D eigenvalue weighted by Gasteiger charge is -2.04. The van der Waals surface area contributed by atoms with Crippen LogP contribution in [0, 0.1) is 6.92 Å². The van der Waals surface area contributed by atoms with Crippen LogP contribution in [0.2, 0.25) is 0 Å². The molecule has 3 aromatic rings. The largest absolute Gasteiger partial charge is 0.454 e. The smallest absolute Gasteiger partial charge is 0.279 e. The highest BCUT2D eigenvalue weighted by molar-refractivity contribution is 7.13. The molecule has 4 rings (SSSR count). The monoisotopic (exact) mass is 393 g/mol. The Morgan fingerprint density at radius 1 is 1.25 bits per heavy atom. The molecule has 1 amide bonds. The SMILES string of the molecule is C=CCn1c(N)c(-c2ccc3c(c2)OCO3)sc1=NC(=O)c1ccc(C)cc1. The number of nitrogens with two attached hydrogens (primary N) is 1. The van der Waals surface area contributed by atoms with Gasteiger partial charge in [-0.05, 0) is 42.8 Å². The molecule has 7 heteroatoms. The first-order valence-corrected chi connectivity index (χ1v) is 9.54. The van der Waals surface area contributed by atoms with Crippen molar-refractivity contribution in [1.29, 1.82) is 0 Å². The van der Waals surface area contributed by atoms with Gasteiger partial charge in [0.05, 0.1) is 4.88 Å². The van der Waals surface area contributed by atoms with Gasteiger partial charge in [-0.3, -0.25) is 9.36 Å². The maximum Gasteiger partial charge on any atom is 0.279 e. The van der Waals surface area contributed by atoms with E-state index in [2.05, 4.69) is 11.6 Å². The molecule has 0 saturated heterocycles. The Balaban J connectivity index is 1.79. The minimum atomic E-state index is -0.309. The maximum atomic E-state index is 12.6. The van der Waals surface area contributed by atoms with Crippen LogP contribution in [0.25, 0.3) is 10.4 Å². The summed E-state index contributed by atoms with van der Waals surface area (Å²) in [4.78, 5) is 18.3. The van der Waals surface area contributed by atoms with E-state index in [0.717, 1.165) is 16.0 Å². The van der Waals surface area contributed by atoms with Crippen molar-refractivity contribution in [3.8, 4) is 21.9 Å². The molecule has 2 heterocycles. The van der Waals surface area contributed by atoms with Crippen LogP contribution in [0.3, 0.4) is 0 Å². The Bertz CT molecular complexity index is 1130. The number of nitrogens with zero attached hydrogens (tertiary/aromatic N) is 2. The molecular weight excluding hydrogens is 374 g/mol. The molecule has 142 valence electrons. The van der Waals surface area contributed by atoms with E-state index in [1.54, 1.807) is 22.8 Å². The maximum absolute atomic E-state index is 12.6. The van der Waals surface area contributed by atoms with Gasteiger partial charge in [-0.25, -0.2) is 0 Å². The number of hydrogen-bond acceptors (Lipinski definition) is 5. The van der Waals surface area contributed by atoms with E-state index in [4.69, 9.17) is 15.2 Å². The lowest BCUT2D eigenvalue weighted by molar-refractivity contribution is 0.0998. The summed E-state index contributed by atoms with van der Waals surface area (Å²) in [6, 6.07) is 13.0. The van der Waals surface area contributed by atoms with Crippen LogP contribution >= 0.6 is 11.3 Å². The number of nitrogen functional groups attached to an aromatic ring is 1. The van der Waals surface area contributed by atoms with Crippen molar-refractivity contribution in [1.82, 2.24) is 4.57 Å². The second-order valence-corrected chi connectivity index (χ2v) is 7.33. The van der Waals surface area contributed by atoms with Crippen molar-refractivity contribution in [2.75, 3.05) is 12.5 Å². The third kappa shape index (κ3) is 3.32. The predicted molar refractivity (Wildman–Crippen MR) is 110 cm³/mol. The standard InChI is InChI=1S/C21H19N3O3S/c1-3-10-24-19(22)18(15-8-9-16-17(11-15)27-12-26-16)28-21(24)23-20(25)14-6-4-13(2)5-7-14/h3-9,11H,1,10,12,22H2,2H3. The molecule has 1 aliphatic rings. The second-order valence-electron chi connectivity index (χ2n) is 6.35. The van der Waals surface area contributed by atoms with Gasteiger partial charge in [0.25, 0.3) is 5.91 Å². The highest BCUT2D eigenvalue weighted by Crippen LogP contribution is 2.38. The minimum absolute atomic E-state index is 0.209. The number of anilines is 1. The fraction of sp³-hybridized carbons (Fsp3) is 0.143. The first kappa shape index (κ1) is 18.1. The zero-order valence-electron chi connectivity index (χ0n) is 15.3. The summed E-state index contributed by atoms with van der Waals surface area (Å²) in [5.74, 6) is 1.60. The topological polar surface area (TPSA) is 78.8 Å². The van der Waals surface area contributed by atoms with Crippen molar-refractivity contribution in [2.45, 2.75) is 13.5 Å². The summed E-state index contributed by atoms with van der Waals surface area (Å²) < 4.78 is 12.6. The Morgan fingerprint density at radius 3 is 2.75 bits per heavy atom. The third-order valence-corrected chi connectivity index (χ3v) is 5.53. The van der Waals surface area contributed by atoms with Gasteiger partial charge in [-0.2, -0.15) is 4.99 Å². The number of fused-ring (bicyclic) bond motifs is 1. The number of rotatable bonds is 4. The van der Waals surface area contributed by atoms with Crippen molar-refractivity contribution in [3.05, 3.63) is 71.0 Å². The Labute approximate surface area is 166 Å². The summed E-state index contributed by atoms with van der Waals surface area (Å²) in [5, 5.41) is 0. The number of aromatic nitrogens is 1. The van der Waals surface area contributed by atoms with E-state index >= 15 is 0 Å². The molecule has 1 aliphatic heterocycles. The Hall–Kier alpha value is -3.32. The van der Waals surface area contributed by atoms with Gasteiger partial charge in [0.1, 0.15) is 5.82 Å². The van der Waals surface area contributed by atoms with Crippen molar-refractivity contribution < 1.29 is 14.3 Å². The quantitative estimate of drug-likeness (QED) is 0.685. The average molecular weight is 393 g/mol. The molecule has 0 radical (unpaired) electrons. The van der Waals surface area contributed by atoms with E-state index in [-0.39, 0.29) is 12.7 Å². The van der Waals surface area contributed by atoms with E-state index < -0.39 is 0 Å². The van der Waals surface area contributed by atoms with Gasteiger partial charge >= 0.3 is 0 Å². The van der Waals surface area contributed by atoms with Crippen LogP contribution in [-0.2, 0) is 6.54 Å². The van der Waals surface area contributed by atoms with Gasteiger partial charge in [-0.1, -0.05) is 35.1 Å². The molecule has 2 aromatic carbocycles. The molecule has 0 spiro atoms. The zero-order chi connectivity index (χ0) is 19.7. The molecular formula is C21H19N3O3S. The summed E-state index contributed by atoms with van der Waals surface area (Å²) >= 11 is 1.36.